The smallest absolute Gasteiger partial charge is 0.345 e. The highest BCUT2D eigenvalue weighted by Gasteiger charge is 2.40. The lowest BCUT2D eigenvalue weighted by molar-refractivity contribution is 0.0719. The summed E-state index contributed by atoms with van der Waals surface area (Å²) >= 11 is 0. The molecule has 0 unspecified atom stereocenters. The first-order chi connectivity index (χ1) is 44.3. The van der Waals surface area contributed by atoms with Gasteiger partial charge in [0.25, 0.3) is 35.4 Å². The molecule has 0 bridgehead atoms. The number of hydrogen-bond acceptors (Lipinski definition) is 13. The number of nitrogens with zero attached hydrogens (tertiary/aromatic N) is 6. The van der Waals surface area contributed by atoms with E-state index in [9.17, 15) is 38.4 Å². The van der Waals surface area contributed by atoms with Crippen molar-refractivity contribution in [3.05, 3.63) is 250 Å². The second kappa shape index (κ2) is 23.6. The molecule has 0 saturated heterocycles. The summed E-state index contributed by atoms with van der Waals surface area (Å²) in [6.07, 6.45) is 11.9. The molecule has 0 N–H and O–H groups in total. The van der Waals surface area contributed by atoms with Crippen molar-refractivity contribution in [2.75, 3.05) is 33.7 Å². The fourth-order valence-electron chi connectivity index (χ4n) is 13.2. The molecule has 448 valence electrons. The summed E-state index contributed by atoms with van der Waals surface area (Å²) in [7, 11) is 3.12. The van der Waals surface area contributed by atoms with Crippen LogP contribution in [-0.2, 0) is 0 Å². The van der Waals surface area contributed by atoms with Gasteiger partial charge in [-0.3, -0.25) is 28.8 Å². The Morgan fingerprint density at radius 1 is 0.396 bits per heavy atom. The fraction of sp³-hybridized carbons (Fsp3) is 0.162. The lowest BCUT2D eigenvalue weighted by Crippen LogP contribution is -2.41. The number of hydrogen-bond donors (Lipinski definition) is 0. The van der Waals surface area contributed by atoms with Crippen molar-refractivity contribution < 1.29 is 52.6 Å². The molecule has 10 aromatic rings. The van der Waals surface area contributed by atoms with Crippen LogP contribution in [0.3, 0.4) is 0 Å². The quantitative estimate of drug-likeness (QED) is 0.0735. The van der Waals surface area contributed by atoms with Gasteiger partial charge in [-0.05, 0) is 182 Å². The molecule has 0 atom stereocenters. The Balaban J connectivity index is 0.714. The molecule has 2 fully saturated rings. The van der Waals surface area contributed by atoms with Crippen LogP contribution in [0.2, 0.25) is 0 Å². The summed E-state index contributed by atoms with van der Waals surface area (Å²) in [4.78, 5) is 129. The highest BCUT2D eigenvalue weighted by molar-refractivity contribution is 6.39. The minimum Gasteiger partial charge on any atom is -0.457 e. The van der Waals surface area contributed by atoms with E-state index in [0.717, 1.165) is 72.3 Å². The molecule has 17 heteroatoms. The van der Waals surface area contributed by atoms with E-state index in [4.69, 9.17) is 14.2 Å². The third-order valence-corrected chi connectivity index (χ3v) is 17.9. The summed E-state index contributed by atoms with van der Waals surface area (Å²) in [5, 5.41) is 0.445. The zero-order valence-corrected chi connectivity index (χ0v) is 49.5. The molecule has 2 aliphatic carbocycles. The monoisotopic (exact) mass is 1200 g/mol. The average Bonchev–Trinajstić information content (AvgIpc) is 1.75. The van der Waals surface area contributed by atoms with Gasteiger partial charge in [0.15, 0.2) is 0 Å². The Morgan fingerprint density at radius 2 is 0.736 bits per heavy atom. The van der Waals surface area contributed by atoms with Crippen molar-refractivity contribution in [2.45, 2.75) is 63.2 Å². The van der Waals surface area contributed by atoms with Crippen LogP contribution in [0, 0.1) is 0 Å². The van der Waals surface area contributed by atoms with Gasteiger partial charge < -0.3 is 24.0 Å². The Labute approximate surface area is 522 Å². The number of carbonyl (C=O) groups excluding carboxylic acids is 8. The van der Waals surface area contributed by atoms with Crippen LogP contribution in [0.25, 0.3) is 21.5 Å². The Kier molecular flexibility index (Phi) is 14.8. The molecule has 0 spiro atoms. The molecule has 2 aromatic heterocycles. The number of anilines is 4. The molecule has 17 nitrogen and oxygen atoms in total. The Morgan fingerprint density at radius 3 is 1.07 bits per heavy atom. The normalized spacial score (nSPS) is 14.7. The number of rotatable bonds is 14. The van der Waals surface area contributed by atoms with E-state index in [-0.39, 0.29) is 77.8 Å². The molecule has 0 radical (unpaired) electrons. The number of imide groups is 2. The van der Waals surface area contributed by atoms with E-state index in [0.29, 0.717) is 46.1 Å². The first-order valence-electron chi connectivity index (χ1n) is 30.2. The SMILES string of the molecule is CN(C(=O)c1ccc2c3c(ccc(C(=O)Oc4ccccn4)c13)C(=O)N(c1ccc(C3CCCC3)cc1)C2=O)c1ccc(Oc2ccc(N(C)C(=O)c3ccc4c5c(ccc(C(=O)Oc6ccccn6)c35)C(=O)N(c3ccc(C5CCCC5)cc3)C4=O)cc2)cc1. The van der Waals surface area contributed by atoms with Crippen LogP contribution in [0.15, 0.2) is 194 Å². The maximum atomic E-state index is 14.8. The molecule has 91 heavy (non-hydrogen) atoms. The van der Waals surface area contributed by atoms with E-state index in [1.807, 2.05) is 24.3 Å². The maximum absolute atomic E-state index is 14.8. The lowest BCUT2D eigenvalue weighted by atomic mass is 9.87. The minimum absolute atomic E-state index is 0.0136. The number of esters is 2. The zero-order valence-electron chi connectivity index (χ0n) is 49.5. The van der Waals surface area contributed by atoms with Gasteiger partial charge >= 0.3 is 11.9 Å². The number of carbonyl (C=O) groups is 8. The van der Waals surface area contributed by atoms with Gasteiger partial charge in [0.05, 0.1) is 22.5 Å². The van der Waals surface area contributed by atoms with Crippen LogP contribution in [0.4, 0.5) is 22.7 Å². The molecule has 4 heterocycles. The predicted octanol–water partition coefficient (Wildman–Crippen LogP) is 14.5. The van der Waals surface area contributed by atoms with Crippen molar-refractivity contribution in [1.82, 2.24) is 9.97 Å². The van der Waals surface area contributed by atoms with Crippen molar-refractivity contribution in [3.63, 3.8) is 0 Å². The summed E-state index contributed by atoms with van der Waals surface area (Å²) in [5.41, 5.74) is 4.51. The van der Waals surface area contributed by atoms with Crippen molar-refractivity contribution in [2.24, 2.45) is 0 Å². The number of pyridine rings is 2. The van der Waals surface area contributed by atoms with Crippen molar-refractivity contribution in [3.8, 4) is 23.3 Å². The van der Waals surface area contributed by atoms with Gasteiger partial charge in [-0.25, -0.2) is 29.4 Å². The van der Waals surface area contributed by atoms with Crippen LogP contribution in [-0.4, -0.2) is 71.4 Å². The topological polar surface area (TPSA) is 203 Å². The van der Waals surface area contributed by atoms with E-state index < -0.39 is 47.4 Å². The number of amides is 6. The molecule has 4 aliphatic rings. The van der Waals surface area contributed by atoms with Gasteiger partial charge in [-0.1, -0.05) is 62.1 Å². The van der Waals surface area contributed by atoms with Crippen LogP contribution in [0.5, 0.6) is 23.3 Å². The molecule has 2 aliphatic heterocycles. The molecule has 14 rings (SSSR count). The molecule has 8 aromatic carbocycles. The Bertz CT molecular complexity index is 4300. The van der Waals surface area contributed by atoms with E-state index >= 15 is 0 Å². The van der Waals surface area contributed by atoms with E-state index in [1.54, 1.807) is 111 Å². The first-order valence-corrected chi connectivity index (χ1v) is 30.2. The van der Waals surface area contributed by atoms with Gasteiger partial charge in [0, 0.05) is 105 Å². The van der Waals surface area contributed by atoms with Gasteiger partial charge in [0.2, 0.25) is 11.8 Å². The number of aromatic nitrogens is 2. The summed E-state index contributed by atoms with van der Waals surface area (Å²) in [6.45, 7) is 0. The van der Waals surface area contributed by atoms with Gasteiger partial charge in [-0.15, -0.1) is 0 Å². The standard InChI is InChI=1S/C74H56N6O11/c1-77(67(81)53-33-35-55-63-57(37-39-59(65(53)63)73(87)90-61-15-7-9-41-75-61)71(85)79(69(55)83)49-21-17-45(18-22-49)43-11-3-4-12-43)47-25-29-51(30-26-47)89-52-31-27-48(28-32-52)78(2)68(82)54-34-36-56-64-58(38-40-60(66(54)64)74(88)91-62-16-8-10-42-76-62)72(86)80(70(56)84)50-23-19-46(20-24-50)44-13-5-6-14-44/h7-10,15-44H,3-6,11-14H2,1-2H3. The van der Waals surface area contributed by atoms with E-state index in [1.165, 1.54) is 82.9 Å². The molecular weight excluding hydrogens is 1150 g/mol. The molecule has 6 amide bonds. The zero-order chi connectivity index (χ0) is 62.6. The molecule has 2 saturated carbocycles. The second-order valence-electron chi connectivity index (χ2n) is 23.1. The van der Waals surface area contributed by atoms with Crippen LogP contribution >= 0.6 is 0 Å². The van der Waals surface area contributed by atoms with Gasteiger partial charge in [0.1, 0.15) is 11.5 Å². The van der Waals surface area contributed by atoms with Gasteiger partial charge in [-0.2, -0.15) is 0 Å². The summed E-state index contributed by atoms with van der Waals surface area (Å²) < 4.78 is 17.6. The second-order valence-corrected chi connectivity index (χ2v) is 23.1. The average molecular weight is 1210 g/mol. The maximum Gasteiger partial charge on any atom is 0.345 e. The Hall–Kier alpha value is -11.5. The van der Waals surface area contributed by atoms with Crippen LogP contribution < -0.4 is 33.8 Å². The van der Waals surface area contributed by atoms with Crippen molar-refractivity contribution in [1.29, 1.82) is 0 Å². The highest BCUT2D eigenvalue weighted by atomic mass is 16.5. The highest BCUT2D eigenvalue weighted by Crippen LogP contribution is 2.43. The third-order valence-electron chi connectivity index (χ3n) is 17.9. The largest absolute Gasteiger partial charge is 0.457 e. The minimum atomic E-state index is -0.847. The lowest BCUT2D eigenvalue weighted by Gasteiger charge is -2.29. The number of ether oxygens (including phenoxy) is 3. The molecular formula is C74H56N6O11. The van der Waals surface area contributed by atoms with Crippen molar-refractivity contribution >= 4 is 91.7 Å². The predicted molar refractivity (Wildman–Crippen MR) is 342 cm³/mol. The summed E-state index contributed by atoms with van der Waals surface area (Å²) in [5.74, 6) is -3.54. The third kappa shape index (κ3) is 10.4. The van der Waals surface area contributed by atoms with Crippen LogP contribution in [0.1, 0.15) is 157 Å². The summed E-state index contributed by atoms with van der Waals surface area (Å²) in [6, 6.07) is 49.9. The fourth-order valence-corrected chi connectivity index (χ4v) is 13.2. The van der Waals surface area contributed by atoms with E-state index in [2.05, 4.69) is 9.97 Å². The first kappa shape index (κ1) is 57.3. The number of benzene rings is 8.